The molecule has 0 aromatic rings. The lowest BCUT2D eigenvalue weighted by Gasteiger charge is -2.19. The molecule has 0 unspecified atom stereocenters. The Morgan fingerprint density at radius 2 is 1.79 bits per heavy atom. The summed E-state index contributed by atoms with van der Waals surface area (Å²) in [6.07, 6.45) is 0. The van der Waals surface area contributed by atoms with E-state index in [1.807, 2.05) is 20.8 Å². The van der Waals surface area contributed by atoms with Crippen molar-refractivity contribution in [1.29, 1.82) is 0 Å². The van der Waals surface area contributed by atoms with Gasteiger partial charge in [0.25, 0.3) is 0 Å². The standard InChI is InChI=1S/C9H21NO3S/c1-8(2)14(11,12)10-6-7-13-9(3,4)5/h8,10H,6-7H2,1-5H3. The minimum Gasteiger partial charge on any atom is -0.375 e. The number of ether oxygens (including phenoxy) is 1. The smallest absolute Gasteiger partial charge is 0.214 e. The highest BCUT2D eigenvalue weighted by Crippen LogP contribution is 2.05. The van der Waals surface area contributed by atoms with Crippen LogP contribution in [0.3, 0.4) is 0 Å². The van der Waals surface area contributed by atoms with Crippen molar-refractivity contribution < 1.29 is 13.2 Å². The van der Waals surface area contributed by atoms with E-state index in [0.717, 1.165) is 0 Å². The van der Waals surface area contributed by atoms with E-state index in [2.05, 4.69) is 4.72 Å². The van der Waals surface area contributed by atoms with Gasteiger partial charge >= 0.3 is 0 Å². The summed E-state index contributed by atoms with van der Waals surface area (Å²) in [5.74, 6) is 0. The topological polar surface area (TPSA) is 55.4 Å². The fraction of sp³-hybridized carbons (Fsp3) is 1.00. The van der Waals surface area contributed by atoms with Crippen molar-refractivity contribution in [2.75, 3.05) is 13.2 Å². The molecule has 0 radical (unpaired) electrons. The average Bonchev–Trinajstić information content (AvgIpc) is 1.96. The lowest BCUT2D eigenvalue weighted by atomic mass is 10.2. The minimum absolute atomic E-state index is 0.219. The van der Waals surface area contributed by atoms with Crippen LogP contribution in [0.1, 0.15) is 34.6 Å². The summed E-state index contributed by atoms with van der Waals surface area (Å²) >= 11 is 0. The van der Waals surface area contributed by atoms with Crippen molar-refractivity contribution in [1.82, 2.24) is 4.72 Å². The van der Waals surface area contributed by atoms with Crippen LogP contribution in [0.4, 0.5) is 0 Å². The van der Waals surface area contributed by atoms with Crippen LogP contribution in [0.25, 0.3) is 0 Å². The molecule has 0 heterocycles. The highest BCUT2D eigenvalue weighted by molar-refractivity contribution is 7.90. The molecule has 0 saturated carbocycles. The highest BCUT2D eigenvalue weighted by atomic mass is 32.2. The van der Waals surface area contributed by atoms with Crippen LogP contribution in [-0.2, 0) is 14.8 Å². The maximum absolute atomic E-state index is 11.3. The van der Waals surface area contributed by atoms with Gasteiger partial charge in [0.15, 0.2) is 0 Å². The molecule has 1 N–H and O–H groups in total. The first-order chi connectivity index (χ1) is 6.15. The lowest BCUT2D eigenvalue weighted by molar-refractivity contribution is 0.000781. The Bertz CT molecular complexity index is 252. The third-order valence-corrected chi connectivity index (χ3v) is 3.41. The van der Waals surface area contributed by atoms with E-state index in [-0.39, 0.29) is 5.60 Å². The van der Waals surface area contributed by atoms with Gasteiger partial charge in [-0.2, -0.15) is 0 Å². The Balaban J connectivity index is 3.77. The molecule has 0 atom stereocenters. The molecule has 0 rings (SSSR count). The van der Waals surface area contributed by atoms with Crippen molar-refractivity contribution in [3.8, 4) is 0 Å². The molecule has 0 saturated heterocycles. The minimum atomic E-state index is -3.15. The summed E-state index contributed by atoms with van der Waals surface area (Å²) in [6, 6.07) is 0. The molecular formula is C9H21NO3S. The van der Waals surface area contributed by atoms with Gasteiger partial charge < -0.3 is 4.74 Å². The second-order valence-electron chi connectivity index (χ2n) is 4.45. The Kier molecular flexibility index (Phi) is 5.05. The second-order valence-corrected chi connectivity index (χ2v) is 6.77. The number of nitrogens with one attached hydrogen (secondary N) is 1. The van der Waals surface area contributed by atoms with Gasteiger partial charge in [0.05, 0.1) is 17.5 Å². The predicted octanol–water partition coefficient (Wildman–Crippen LogP) is 1.13. The van der Waals surface area contributed by atoms with E-state index in [0.29, 0.717) is 13.2 Å². The molecule has 0 amide bonds. The number of hydrogen-bond donors (Lipinski definition) is 1. The van der Waals surface area contributed by atoms with Gasteiger partial charge in [-0.1, -0.05) is 0 Å². The van der Waals surface area contributed by atoms with Crippen molar-refractivity contribution in [2.45, 2.75) is 45.5 Å². The predicted molar refractivity (Wildman–Crippen MR) is 57.8 cm³/mol. The van der Waals surface area contributed by atoms with Crippen molar-refractivity contribution in [3.05, 3.63) is 0 Å². The third-order valence-electron chi connectivity index (χ3n) is 1.56. The van der Waals surface area contributed by atoms with Gasteiger partial charge in [-0.05, 0) is 34.6 Å². The first-order valence-electron chi connectivity index (χ1n) is 4.77. The zero-order chi connectivity index (χ0) is 11.4. The Morgan fingerprint density at radius 1 is 1.29 bits per heavy atom. The van der Waals surface area contributed by atoms with Gasteiger partial charge in [-0.15, -0.1) is 0 Å². The second kappa shape index (κ2) is 5.09. The quantitative estimate of drug-likeness (QED) is 0.711. The maximum atomic E-state index is 11.3. The van der Waals surface area contributed by atoms with Crippen LogP contribution in [0.15, 0.2) is 0 Å². The molecule has 0 aromatic heterocycles. The van der Waals surface area contributed by atoms with Crippen LogP contribution in [0.5, 0.6) is 0 Å². The Labute approximate surface area is 87.1 Å². The van der Waals surface area contributed by atoms with Crippen LogP contribution in [0, 0.1) is 0 Å². The molecule has 0 aliphatic heterocycles. The SMILES string of the molecule is CC(C)S(=O)(=O)NCCOC(C)(C)C. The fourth-order valence-corrected chi connectivity index (χ4v) is 1.41. The zero-order valence-electron chi connectivity index (χ0n) is 9.62. The highest BCUT2D eigenvalue weighted by Gasteiger charge is 2.15. The molecule has 5 heteroatoms. The molecule has 0 aliphatic rings. The van der Waals surface area contributed by atoms with Crippen LogP contribution >= 0.6 is 0 Å². The Hall–Kier alpha value is -0.130. The number of sulfonamides is 1. The summed E-state index contributed by atoms with van der Waals surface area (Å²) in [7, 11) is -3.15. The summed E-state index contributed by atoms with van der Waals surface area (Å²) in [6.45, 7) is 9.82. The molecule has 0 bridgehead atoms. The normalized spacial score (nSPS) is 13.6. The van der Waals surface area contributed by atoms with E-state index in [1.165, 1.54) is 0 Å². The van der Waals surface area contributed by atoms with E-state index in [4.69, 9.17) is 4.74 Å². The van der Waals surface area contributed by atoms with Crippen LogP contribution in [0.2, 0.25) is 0 Å². The van der Waals surface area contributed by atoms with Gasteiger partial charge in [0.1, 0.15) is 0 Å². The van der Waals surface area contributed by atoms with Crippen molar-refractivity contribution in [3.63, 3.8) is 0 Å². The van der Waals surface area contributed by atoms with Crippen LogP contribution in [-0.4, -0.2) is 32.4 Å². The first-order valence-corrected chi connectivity index (χ1v) is 6.32. The largest absolute Gasteiger partial charge is 0.375 e. The summed E-state index contributed by atoms with van der Waals surface area (Å²) in [5.41, 5.74) is -0.219. The molecular weight excluding hydrogens is 202 g/mol. The first kappa shape index (κ1) is 13.9. The van der Waals surface area contributed by atoms with Gasteiger partial charge in [0.2, 0.25) is 10.0 Å². The molecule has 4 nitrogen and oxygen atoms in total. The van der Waals surface area contributed by atoms with Gasteiger partial charge in [-0.3, -0.25) is 0 Å². The monoisotopic (exact) mass is 223 g/mol. The molecule has 0 spiro atoms. The molecule has 14 heavy (non-hydrogen) atoms. The molecule has 86 valence electrons. The molecule has 0 fully saturated rings. The Morgan fingerprint density at radius 3 is 2.14 bits per heavy atom. The van der Waals surface area contributed by atoms with E-state index in [1.54, 1.807) is 13.8 Å². The van der Waals surface area contributed by atoms with E-state index >= 15 is 0 Å². The van der Waals surface area contributed by atoms with Crippen molar-refractivity contribution in [2.24, 2.45) is 0 Å². The third kappa shape index (κ3) is 6.34. The fourth-order valence-electron chi connectivity index (χ4n) is 0.708. The number of rotatable bonds is 5. The molecule has 0 aromatic carbocycles. The van der Waals surface area contributed by atoms with Gasteiger partial charge in [0, 0.05) is 6.54 Å². The molecule has 0 aliphatic carbocycles. The van der Waals surface area contributed by atoms with Crippen LogP contribution < -0.4 is 4.72 Å². The summed E-state index contributed by atoms with van der Waals surface area (Å²) in [5, 5.41) is -0.392. The van der Waals surface area contributed by atoms with Gasteiger partial charge in [-0.25, -0.2) is 13.1 Å². The number of hydrogen-bond acceptors (Lipinski definition) is 3. The zero-order valence-corrected chi connectivity index (χ0v) is 10.4. The van der Waals surface area contributed by atoms with E-state index in [9.17, 15) is 8.42 Å². The average molecular weight is 223 g/mol. The summed E-state index contributed by atoms with van der Waals surface area (Å²) in [4.78, 5) is 0. The maximum Gasteiger partial charge on any atom is 0.214 e. The summed E-state index contributed by atoms with van der Waals surface area (Å²) < 4.78 is 30.4. The van der Waals surface area contributed by atoms with Crippen molar-refractivity contribution >= 4 is 10.0 Å². The van der Waals surface area contributed by atoms with E-state index < -0.39 is 15.3 Å². The lowest BCUT2D eigenvalue weighted by Crippen LogP contribution is -2.34.